The Kier molecular flexibility index (Phi) is 5.19. The number of hydrogen-bond donors (Lipinski definition) is 0. The number of morpholine rings is 1. The normalized spacial score (nSPS) is 25.3. The van der Waals surface area contributed by atoms with Crippen LogP contribution in [0.25, 0.3) is 0 Å². The van der Waals surface area contributed by atoms with Gasteiger partial charge in [-0.25, -0.2) is 14.1 Å². The second kappa shape index (κ2) is 7.31. The fourth-order valence-electron chi connectivity index (χ4n) is 3.54. The van der Waals surface area contributed by atoms with Crippen LogP contribution in [0.5, 0.6) is 0 Å². The van der Waals surface area contributed by atoms with E-state index in [9.17, 15) is 4.39 Å². The summed E-state index contributed by atoms with van der Waals surface area (Å²) in [5.41, 5.74) is 0. The molecule has 1 aliphatic carbocycles. The minimum atomic E-state index is -0.399. The molecule has 5 nitrogen and oxygen atoms in total. The van der Waals surface area contributed by atoms with Crippen molar-refractivity contribution in [2.24, 2.45) is 5.92 Å². The first-order valence-corrected chi connectivity index (χ1v) is 8.13. The van der Waals surface area contributed by atoms with Crippen molar-refractivity contribution in [3.05, 3.63) is 12.2 Å². The van der Waals surface area contributed by atoms with Crippen molar-refractivity contribution in [2.45, 2.75) is 51.3 Å². The van der Waals surface area contributed by atoms with Crippen molar-refractivity contribution in [3.8, 4) is 0 Å². The third kappa shape index (κ3) is 3.80. The second-order valence-electron chi connectivity index (χ2n) is 6.13. The van der Waals surface area contributed by atoms with Crippen molar-refractivity contribution >= 4 is 0 Å². The van der Waals surface area contributed by atoms with Crippen LogP contribution in [0, 0.1) is 5.92 Å². The summed E-state index contributed by atoms with van der Waals surface area (Å²) in [7, 11) is 0. The largest absolute Gasteiger partial charge is 0.375 e. The molecular formula is C15H25FN4O. The van der Waals surface area contributed by atoms with Crippen molar-refractivity contribution in [1.29, 1.82) is 0 Å². The highest BCUT2D eigenvalue weighted by molar-refractivity contribution is 4.88. The van der Waals surface area contributed by atoms with Crippen LogP contribution < -0.4 is 0 Å². The predicted molar refractivity (Wildman–Crippen MR) is 77.6 cm³/mol. The lowest BCUT2D eigenvalue weighted by Crippen LogP contribution is -2.46. The fourth-order valence-corrected chi connectivity index (χ4v) is 3.54. The molecule has 21 heavy (non-hydrogen) atoms. The summed E-state index contributed by atoms with van der Waals surface area (Å²) in [6, 6.07) is 0. The van der Waals surface area contributed by atoms with Crippen LogP contribution in [-0.4, -0.2) is 52.1 Å². The van der Waals surface area contributed by atoms with Crippen LogP contribution in [0.4, 0.5) is 4.39 Å². The van der Waals surface area contributed by atoms with Crippen LogP contribution in [0.15, 0.2) is 6.33 Å². The third-order valence-corrected chi connectivity index (χ3v) is 4.71. The molecule has 0 aromatic carbocycles. The Morgan fingerprint density at radius 2 is 2.14 bits per heavy atom. The number of alkyl halides is 1. The summed E-state index contributed by atoms with van der Waals surface area (Å²) >= 11 is 0. The zero-order valence-corrected chi connectivity index (χ0v) is 12.6. The molecule has 6 heteroatoms. The number of nitrogens with zero attached hydrogens (tertiary/aromatic N) is 4. The third-order valence-electron chi connectivity index (χ3n) is 4.71. The number of hydrogen-bond acceptors (Lipinski definition) is 4. The smallest absolute Gasteiger partial charge is 0.141 e. The van der Waals surface area contributed by atoms with Crippen molar-refractivity contribution in [1.82, 2.24) is 19.7 Å². The van der Waals surface area contributed by atoms with Crippen LogP contribution >= 0.6 is 0 Å². The molecule has 118 valence electrons. The van der Waals surface area contributed by atoms with Gasteiger partial charge in [-0.1, -0.05) is 19.3 Å². The van der Waals surface area contributed by atoms with E-state index in [2.05, 4.69) is 15.0 Å². The van der Waals surface area contributed by atoms with Crippen LogP contribution in [-0.2, 0) is 17.8 Å². The van der Waals surface area contributed by atoms with E-state index in [-0.39, 0.29) is 0 Å². The molecular weight excluding hydrogens is 271 g/mol. The topological polar surface area (TPSA) is 43.2 Å². The molecule has 1 saturated heterocycles. The summed E-state index contributed by atoms with van der Waals surface area (Å²) in [4.78, 5) is 6.65. The summed E-state index contributed by atoms with van der Waals surface area (Å²) in [6.07, 6.45) is 8.54. The maximum Gasteiger partial charge on any atom is 0.141 e. The fraction of sp³-hybridized carbons (Fsp3) is 0.867. The van der Waals surface area contributed by atoms with Crippen molar-refractivity contribution in [3.63, 3.8) is 0 Å². The molecule has 1 atom stereocenters. The molecule has 0 radical (unpaired) electrons. The first-order valence-electron chi connectivity index (χ1n) is 8.13. The maximum atomic E-state index is 12.5. The standard InChI is InChI=1S/C15H25FN4O/c16-6-7-20-15(17-12-18-20)11-19-8-9-21-14(10-19)13-4-2-1-3-5-13/h12-14H,1-11H2. The Morgan fingerprint density at radius 1 is 1.29 bits per heavy atom. The molecule has 1 aromatic heterocycles. The number of aryl methyl sites for hydroxylation is 1. The lowest BCUT2D eigenvalue weighted by Gasteiger charge is -2.38. The molecule has 1 saturated carbocycles. The Labute approximate surface area is 125 Å². The maximum absolute atomic E-state index is 12.5. The highest BCUT2D eigenvalue weighted by Crippen LogP contribution is 2.29. The van der Waals surface area contributed by atoms with E-state index in [1.165, 1.54) is 38.4 Å². The molecule has 0 spiro atoms. The molecule has 2 fully saturated rings. The van der Waals surface area contributed by atoms with Gasteiger partial charge in [0.2, 0.25) is 0 Å². The van der Waals surface area contributed by atoms with Gasteiger partial charge in [0, 0.05) is 13.1 Å². The summed E-state index contributed by atoms with van der Waals surface area (Å²) in [6.45, 7) is 3.32. The first kappa shape index (κ1) is 14.9. The van der Waals surface area contributed by atoms with E-state index in [0.29, 0.717) is 18.6 Å². The van der Waals surface area contributed by atoms with Crippen molar-refractivity contribution < 1.29 is 9.13 Å². The molecule has 1 aromatic rings. The number of halogens is 1. The molecule has 1 aliphatic heterocycles. The highest BCUT2D eigenvalue weighted by atomic mass is 19.1. The predicted octanol–water partition coefficient (Wildman–Crippen LogP) is 2.03. The lowest BCUT2D eigenvalue weighted by molar-refractivity contribution is -0.0678. The summed E-state index contributed by atoms with van der Waals surface area (Å²) in [5, 5.41) is 4.09. The van der Waals surface area contributed by atoms with Gasteiger partial charge in [-0.3, -0.25) is 4.90 Å². The van der Waals surface area contributed by atoms with Crippen LogP contribution in [0.3, 0.4) is 0 Å². The molecule has 0 N–H and O–H groups in total. The number of rotatable bonds is 5. The molecule has 0 amide bonds. The first-order chi connectivity index (χ1) is 10.4. The quantitative estimate of drug-likeness (QED) is 0.834. The number of aromatic nitrogens is 3. The van der Waals surface area contributed by atoms with Gasteiger partial charge < -0.3 is 4.74 Å². The van der Waals surface area contributed by atoms with Crippen LogP contribution in [0.1, 0.15) is 37.9 Å². The summed E-state index contributed by atoms with van der Waals surface area (Å²) < 4.78 is 20.2. The van der Waals surface area contributed by atoms with Gasteiger partial charge in [0.1, 0.15) is 18.8 Å². The van der Waals surface area contributed by atoms with Gasteiger partial charge in [-0.15, -0.1) is 0 Å². The zero-order chi connectivity index (χ0) is 14.5. The van der Waals surface area contributed by atoms with E-state index >= 15 is 0 Å². The Hall–Kier alpha value is -1.01. The van der Waals surface area contributed by atoms with E-state index in [0.717, 1.165) is 32.1 Å². The average Bonchev–Trinajstić information content (AvgIpc) is 2.96. The van der Waals surface area contributed by atoms with E-state index in [1.54, 1.807) is 4.68 Å². The molecule has 3 rings (SSSR count). The molecule has 0 bridgehead atoms. The van der Waals surface area contributed by atoms with Crippen molar-refractivity contribution in [2.75, 3.05) is 26.4 Å². The Balaban J connectivity index is 1.56. The average molecular weight is 296 g/mol. The molecule has 1 unspecified atom stereocenters. The van der Waals surface area contributed by atoms with E-state index < -0.39 is 6.67 Å². The minimum Gasteiger partial charge on any atom is -0.375 e. The van der Waals surface area contributed by atoms with E-state index in [1.807, 2.05) is 0 Å². The zero-order valence-electron chi connectivity index (χ0n) is 12.6. The van der Waals surface area contributed by atoms with Gasteiger partial charge in [-0.05, 0) is 18.8 Å². The van der Waals surface area contributed by atoms with Gasteiger partial charge in [0.25, 0.3) is 0 Å². The lowest BCUT2D eigenvalue weighted by atomic mass is 9.84. The highest BCUT2D eigenvalue weighted by Gasteiger charge is 2.29. The van der Waals surface area contributed by atoms with Gasteiger partial charge in [0.15, 0.2) is 0 Å². The van der Waals surface area contributed by atoms with E-state index in [4.69, 9.17) is 4.74 Å². The summed E-state index contributed by atoms with van der Waals surface area (Å²) in [5.74, 6) is 1.57. The Morgan fingerprint density at radius 3 is 2.95 bits per heavy atom. The SMILES string of the molecule is FCCn1ncnc1CN1CCOC(C2CCCCC2)C1. The molecule has 2 heterocycles. The number of ether oxygens (including phenoxy) is 1. The van der Waals surface area contributed by atoms with Crippen LogP contribution in [0.2, 0.25) is 0 Å². The second-order valence-corrected chi connectivity index (χ2v) is 6.13. The molecule has 2 aliphatic rings. The van der Waals surface area contributed by atoms with Gasteiger partial charge in [-0.2, -0.15) is 5.10 Å². The minimum absolute atomic E-state index is 0.297. The monoisotopic (exact) mass is 296 g/mol. The Bertz CT molecular complexity index is 433. The van der Waals surface area contributed by atoms with Gasteiger partial charge in [0.05, 0.1) is 25.8 Å². The van der Waals surface area contributed by atoms with Gasteiger partial charge >= 0.3 is 0 Å².